The lowest BCUT2D eigenvalue weighted by Gasteiger charge is -2.08. The molecule has 0 aromatic carbocycles. The van der Waals surface area contributed by atoms with Crippen LogP contribution in [-0.2, 0) is 0 Å². The molecule has 0 amide bonds. The summed E-state index contributed by atoms with van der Waals surface area (Å²) < 4.78 is 0. The summed E-state index contributed by atoms with van der Waals surface area (Å²) in [7, 11) is 0. The molecule has 1 atom stereocenters. The quantitative estimate of drug-likeness (QED) is 0.412. The number of hydrogen-bond donors (Lipinski definition) is 4. The van der Waals surface area contributed by atoms with E-state index in [0.29, 0.717) is 16.6 Å². The number of anilines is 2. The van der Waals surface area contributed by atoms with Gasteiger partial charge in [0.05, 0.1) is 12.7 Å². The van der Waals surface area contributed by atoms with Crippen LogP contribution in [0.3, 0.4) is 0 Å². The highest BCUT2D eigenvalue weighted by Crippen LogP contribution is 2.20. The highest BCUT2D eigenvalue weighted by atomic mass is 32.2. The van der Waals surface area contributed by atoms with Gasteiger partial charge in [-0.1, -0.05) is 6.92 Å². The molecule has 1 rings (SSSR count). The first-order valence-corrected chi connectivity index (χ1v) is 6.44. The van der Waals surface area contributed by atoms with E-state index in [0.717, 1.165) is 13.0 Å². The van der Waals surface area contributed by atoms with E-state index >= 15 is 0 Å². The summed E-state index contributed by atoms with van der Waals surface area (Å²) >= 11 is 1.33. The molecule has 0 aliphatic rings. The largest absolute Gasteiger partial charge is 0.394 e. The minimum absolute atomic E-state index is 0.201. The number of aliphatic hydroxyl groups is 2. The van der Waals surface area contributed by atoms with Crippen molar-refractivity contribution in [3.8, 4) is 0 Å². The molecule has 1 heterocycles. The molecule has 0 aliphatic carbocycles. The van der Waals surface area contributed by atoms with Gasteiger partial charge in [-0.25, -0.2) is 4.98 Å². The maximum absolute atomic E-state index is 9.24. The molecule has 1 unspecified atom stereocenters. The summed E-state index contributed by atoms with van der Waals surface area (Å²) in [6.07, 6.45) is 0.249. The van der Waals surface area contributed by atoms with Crippen LogP contribution in [0.25, 0.3) is 0 Å². The molecular formula is C10H18N4O2S. The normalized spacial score (nSPS) is 12.4. The predicted octanol–water partition coefficient (Wildman–Crippen LogP) is 0.326. The van der Waals surface area contributed by atoms with Crippen LogP contribution in [0.15, 0.2) is 11.1 Å². The molecule has 7 heteroatoms. The zero-order valence-electron chi connectivity index (χ0n) is 9.76. The highest BCUT2D eigenvalue weighted by Gasteiger charge is 2.06. The maximum atomic E-state index is 9.24. The fourth-order valence-corrected chi connectivity index (χ4v) is 1.92. The van der Waals surface area contributed by atoms with Crippen LogP contribution in [0.5, 0.6) is 0 Å². The Bertz CT molecular complexity index is 351. The van der Waals surface area contributed by atoms with Crippen LogP contribution < -0.4 is 11.1 Å². The summed E-state index contributed by atoms with van der Waals surface area (Å²) in [5.74, 6) is 1.26. The number of rotatable bonds is 7. The minimum Gasteiger partial charge on any atom is -0.394 e. The Kier molecular flexibility index (Phi) is 6.03. The van der Waals surface area contributed by atoms with Gasteiger partial charge in [-0.2, -0.15) is 4.98 Å². The van der Waals surface area contributed by atoms with Crippen molar-refractivity contribution in [2.24, 2.45) is 0 Å². The van der Waals surface area contributed by atoms with E-state index < -0.39 is 6.10 Å². The summed E-state index contributed by atoms with van der Waals surface area (Å²) in [5.41, 5.74) is 5.58. The third kappa shape index (κ3) is 5.20. The number of nitrogens with zero attached hydrogens (tertiary/aromatic N) is 2. The third-order valence-corrected chi connectivity index (χ3v) is 2.97. The average Bonchev–Trinajstić information content (AvgIpc) is 2.32. The van der Waals surface area contributed by atoms with Gasteiger partial charge in [0.1, 0.15) is 10.8 Å². The van der Waals surface area contributed by atoms with Crippen LogP contribution in [-0.4, -0.2) is 45.2 Å². The molecule has 0 saturated carbocycles. The zero-order chi connectivity index (χ0) is 12.7. The lowest BCUT2D eigenvalue weighted by molar-refractivity contribution is 0.113. The molecule has 0 aliphatic heterocycles. The van der Waals surface area contributed by atoms with Gasteiger partial charge in [0.2, 0.25) is 5.95 Å². The second-order valence-corrected chi connectivity index (χ2v) is 4.56. The molecule has 0 saturated heterocycles. The van der Waals surface area contributed by atoms with Gasteiger partial charge in [-0.15, -0.1) is 11.8 Å². The molecule has 96 valence electrons. The number of hydrogen-bond acceptors (Lipinski definition) is 7. The lowest BCUT2D eigenvalue weighted by atomic mass is 10.4. The van der Waals surface area contributed by atoms with Gasteiger partial charge < -0.3 is 21.3 Å². The smallest absolute Gasteiger partial charge is 0.223 e. The lowest BCUT2D eigenvalue weighted by Crippen LogP contribution is -2.15. The van der Waals surface area contributed by atoms with E-state index in [2.05, 4.69) is 22.2 Å². The monoisotopic (exact) mass is 258 g/mol. The highest BCUT2D eigenvalue weighted by molar-refractivity contribution is 7.99. The molecule has 0 bridgehead atoms. The minimum atomic E-state index is -0.747. The van der Waals surface area contributed by atoms with Crippen molar-refractivity contribution in [1.29, 1.82) is 0 Å². The van der Waals surface area contributed by atoms with E-state index in [9.17, 15) is 5.11 Å². The Morgan fingerprint density at radius 2 is 2.29 bits per heavy atom. The Balaban J connectivity index is 2.61. The second-order valence-electron chi connectivity index (χ2n) is 3.52. The maximum Gasteiger partial charge on any atom is 0.223 e. The Morgan fingerprint density at radius 3 is 2.94 bits per heavy atom. The van der Waals surface area contributed by atoms with Gasteiger partial charge >= 0.3 is 0 Å². The number of nitrogens with one attached hydrogen (secondary N) is 1. The number of nitrogens with two attached hydrogens (primary N) is 1. The van der Waals surface area contributed by atoms with Crippen molar-refractivity contribution in [2.45, 2.75) is 24.5 Å². The molecule has 5 N–H and O–H groups in total. The number of aromatic nitrogens is 2. The zero-order valence-corrected chi connectivity index (χ0v) is 10.6. The van der Waals surface area contributed by atoms with Crippen molar-refractivity contribution in [2.75, 3.05) is 30.0 Å². The molecule has 1 aromatic heterocycles. The summed E-state index contributed by atoms with van der Waals surface area (Å²) in [6.45, 7) is 2.62. The van der Waals surface area contributed by atoms with E-state index in [1.165, 1.54) is 11.8 Å². The van der Waals surface area contributed by atoms with Gasteiger partial charge in [0.25, 0.3) is 0 Å². The molecule has 0 fully saturated rings. The topological polar surface area (TPSA) is 104 Å². The number of aliphatic hydroxyl groups excluding tert-OH is 2. The Morgan fingerprint density at radius 1 is 1.53 bits per heavy atom. The van der Waals surface area contributed by atoms with Gasteiger partial charge in [0, 0.05) is 18.4 Å². The van der Waals surface area contributed by atoms with E-state index in [-0.39, 0.29) is 12.6 Å². The van der Waals surface area contributed by atoms with Crippen LogP contribution in [0.4, 0.5) is 11.8 Å². The molecule has 17 heavy (non-hydrogen) atoms. The van der Waals surface area contributed by atoms with E-state index in [4.69, 9.17) is 10.8 Å². The van der Waals surface area contributed by atoms with Crippen molar-refractivity contribution >= 4 is 23.5 Å². The molecule has 6 nitrogen and oxygen atoms in total. The predicted molar refractivity (Wildman–Crippen MR) is 69.0 cm³/mol. The number of nitrogen functional groups attached to an aromatic ring is 1. The second kappa shape index (κ2) is 7.31. The van der Waals surface area contributed by atoms with Crippen molar-refractivity contribution < 1.29 is 10.2 Å². The number of thioether (sulfide) groups is 1. The first kappa shape index (κ1) is 14.0. The van der Waals surface area contributed by atoms with Gasteiger partial charge in [0.15, 0.2) is 0 Å². The third-order valence-electron chi connectivity index (χ3n) is 1.91. The van der Waals surface area contributed by atoms with Crippen molar-refractivity contribution in [3.63, 3.8) is 0 Å². The molecule has 0 spiro atoms. The van der Waals surface area contributed by atoms with Crippen LogP contribution >= 0.6 is 11.8 Å². The van der Waals surface area contributed by atoms with Crippen LogP contribution in [0.1, 0.15) is 13.3 Å². The fourth-order valence-electron chi connectivity index (χ4n) is 1.09. The first-order valence-electron chi connectivity index (χ1n) is 5.45. The van der Waals surface area contributed by atoms with E-state index in [1.54, 1.807) is 6.07 Å². The summed E-state index contributed by atoms with van der Waals surface area (Å²) in [6, 6.07) is 1.78. The molecule has 1 aromatic rings. The molecular weight excluding hydrogens is 240 g/mol. The van der Waals surface area contributed by atoms with Gasteiger partial charge in [-0.3, -0.25) is 0 Å². The Hall–Kier alpha value is -1.05. The summed E-state index contributed by atoms with van der Waals surface area (Å²) in [5, 5.41) is 21.7. The Labute approximate surface area is 105 Å². The standard InChI is InChI=1S/C10H18N4O2S/c1-2-3-12-8-4-9(14-10(11)13-8)17-6-7(16)5-15/h4,7,15-16H,2-3,5-6H2,1H3,(H3,11,12,13,14). The molecule has 0 radical (unpaired) electrons. The van der Waals surface area contributed by atoms with Crippen molar-refractivity contribution in [1.82, 2.24) is 9.97 Å². The SMILES string of the molecule is CCCNc1cc(SCC(O)CO)nc(N)n1. The van der Waals surface area contributed by atoms with E-state index in [1.807, 2.05) is 0 Å². The van der Waals surface area contributed by atoms with Crippen molar-refractivity contribution in [3.05, 3.63) is 6.07 Å². The first-order chi connectivity index (χ1) is 8.15. The van der Waals surface area contributed by atoms with Gasteiger partial charge in [-0.05, 0) is 6.42 Å². The summed E-state index contributed by atoms with van der Waals surface area (Å²) in [4.78, 5) is 8.09. The fraction of sp³-hybridized carbons (Fsp3) is 0.600. The average molecular weight is 258 g/mol. The van der Waals surface area contributed by atoms with Crippen LogP contribution in [0.2, 0.25) is 0 Å². The van der Waals surface area contributed by atoms with Crippen LogP contribution in [0, 0.1) is 0 Å².